The maximum atomic E-state index is 11.8. The third-order valence-electron chi connectivity index (χ3n) is 3.09. The fraction of sp³-hybridized carbons (Fsp3) is 0.273. The molecule has 1 N–H and O–H groups in total. The standard InChI is InChI=1S/C11H8N2O4/c14-9-6-4-7(6)10(15)13(9)8-3-5(11(16)17)1-2-12-8/h1-3,6-7H,4H2,(H,16,17). The Labute approximate surface area is 95.9 Å². The number of piperidine rings is 1. The first-order valence-corrected chi connectivity index (χ1v) is 5.17. The van der Waals surface area contributed by atoms with Crippen LogP contribution >= 0.6 is 0 Å². The number of fused-ring (bicyclic) bond motifs is 1. The minimum atomic E-state index is -1.11. The highest BCUT2D eigenvalue weighted by molar-refractivity contribution is 6.24. The van der Waals surface area contributed by atoms with Crippen molar-refractivity contribution in [2.45, 2.75) is 6.42 Å². The van der Waals surface area contributed by atoms with Crippen LogP contribution in [0.5, 0.6) is 0 Å². The second kappa shape index (κ2) is 3.13. The molecule has 0 spiro atoms. The number of pyridine rings is 1. The number of rotatable bonds is 2. The van der Waals surface area contributed by atoms with Gasteiger partial charge in [-0.05, 0) is 18.6 Å². The molecular weight excluding hydrogens is 224 g/mol. The Morgan fingerprint density at radius 3 is 2.59 bits per heavy atom. The Hall–Kier alpha value is -2.24. The highest BCUT2D eigenvalue weighted by atomic mass is 16.4. The first-order chi connectivity index (χ1) is 8.09. The molecule has 6 nitrogen and oxygen atoms in total. The highest BCUT2D eigenvalue weighted by Gasteiger charge is 2.59. The number of carbonyl (C=O) groups excluding carboxylic acids is 2. The molecule has 1 saturated carbocycles. The Kier molecular flexibility index (Phi) is 1.83. The van der Waals surface area contributed by atoms with Crippen LogP contribution in [0.1, 0.15) is 16.8 Å². The van der Waals surface area contributed by atoms with E-state index in [1.54, 1.807) is 0 Å². The second-order valence-electron chi connectivity index (χ2n) is 4.17. The first kappa shape index (κ1) is 9.95. The molecule has 1 aromatic rings. The summed E-state index contributed by atoms with van der Waals surface area (Å²) >= 11 is 0. The fourth-order valence-corrected chi connectivity index (χ4v) is 2.08. The minimum Gasteiger partial charge on any atom is -0.478 e. The third-order valence-corrected chi connectivity index (χ3v) is 3.09. The van der Waals surface area contributed by atoms with Gasteiger partial charge in [0.2, 0.25) is 11.8 Å². The molecule has 0 radical (unpaired) electrons. The number of aromatic nitrogens is 1. The van der Waals surface area contributed by atoms with Crippen molar-refractivity contribution in [1.29, 1.82) is 0 Å². The van der Waals surface area contributed by atoms with Crippen molar-refractivity contribution < 1.29 is 19.5 Å². The number of aromatic carboxylic acids is 1. The molecular formula is C11H8N2O4. The van der Waals surface area contributed by atoms with E-state index in [4.69, 9.17) is 5.11 Å². The summed E-state index contributed by atoms with van der Waals surface area (Å²) in [5.41, 5.74) is 0.0103. The lowest BCUT2D eigenvalue weighted by molar-refractivity contribution is -0.123. The van der Waals surface area contributed by atoms with Gasteiger partial charge < -0.3 is 5.11 Å². The number of anilines is 1. The van der Waals surface area contributed by atoms with Crippen molar-refractivity contribution in [2.24, 2.45) is 11.8 Å². The number of hydrogen-bond donors (Lipinski definition) is 1. The van der Waals surface area contributed by atoms with Crippen LogP contribution in [0.25, 0.3) is 0 Å². The summed E-state index contributed by atoms with van der Waals surface area (Å²) < 4.78 is 0. The van der Waals surface area contributed by atoms with E-state index in [1.165, 1.54) is 18.3 Å². The zero-order valence-electron chi connectivity index (χ0n) is 8.66. The molecule has 2 unspecified atom stereocenters. The predicted octanol–water partition coefficient (Wildman–Crippen LogP) is 0.289. The summed E-state index contributed by atoms with van der Waals surface area (Å²) in [6, 6.07) is 2.56. The number of amides is 2. The fourth-order valence-electron chi connectivity index (χ4n) is 2.08. The van der Waals surface area contributed by atoms with Crippen molar-refractivity contribution >= 4 is 23.6 Å². The van der Waals surface area contributed by atoms with Gasteiger partial charge in [0.15, 0.2) is 0 Å². The zero-order valence-corrected chi connectivity index (χ0v) is 8.66. The monoisotopic (exact) mass is 232 g/mol. The Balaban J connectivity index is 1.99. The van der Waals surface area contributed by atoms with Crippen molar-refractivity contribution in [1.82, 2.24) is 4.98 Å². The number of imide groups is 1. The van der Waals surface area contributed by atoms with E-state index in [2.05, 4.69) is 4.98 Å². The lowest BCUT2D eigenvalue weighted by Crippen LogP contribution is -2.33. The number of carbonyl (C=O) groups is 3. The highest BCUT2D eigenvalue weighted by Crippen LogP contribution is 2.48. The van der Waals surface area contributed by atoms with Gasteiger partial charge in [-0.3, -0.25) is 9.59 Å². The van der Waals surface area contributed by atoms with Gasteiger partial charge in [-0.15, -0.1) is 0 Å². The van der Waals surface area contributed by atoms with Crippen LogP contribution in [0.15, 0.2) is 18.3 Å². The van der Waals surface area contributed by atoms with Crippen LogP contribution in [-0.4, -0.2) is 27.9 Å². The van der Waals surface area contributed by atoms with Gasteiger partial charge in [-0.2, -0.15) is 0 Å². The molecule has 17 heavy (non-hydrogen) atoms. The quantitative estimate of drug-likeness (QED) is 0.740. The van der Waals surface area contributed by atoms with Crippen LogP contribution in [0.3, 0.4) is 0 Å². The lowest BCUT2D eigenvalue weighted by atomic mass is 10.2. The summed E-state index contributed by atoms with van der Waals surface area (Å²) in [5, 5.41) is 8.83. The van der Waals surface area contributed by atoms with Crippen LogP contribution in [0, 0.1) is 11.8 Å². The molecule has 2 heterocycles. The molecule has 1 aromatic heterocycles. The van der Waals surface area contributed by atoms with Gasteiger partial charge in [-0.1, -0.05) is 0 Å². The van der Waals surface area contributed by atoms with Crippen molar-refractivity contribution in [2.75, 3.05) is 4.90 Å². The van der Waals surface area contributed by atoms with E-state index in [0.29, 0.717) is 6.42 Å². The maximum absolute atomic E-state index is 11.8. The molecule has 0 bridgehead atoms. The van der Waals surface area contributed by atoms with E-state index >= 15 is 0 Å². The molecule has 1 aliphatic carbocycles. The molecule has 2 fully saturated rings. The average molecular weight is 232 g/mol. The SMILES string of the molecule is O=C(O)c1ccnc(N2C(=O)C3CC3C2=O)c1. The van der Waals surface area contributed by atoms with E-state index in [9.17, 15) is 14.4 Å². The second-order valence-corrected chi connectivity index (χ2v) is 4.17. The van der Waals surface area contributed by atoms with Gasteiger partial charge in [0.1, 0.15) is 5.82 Å². The Morgan fingerprint density at radius 1 is 1.35 bits per heavy atom. The average Bonchev–Trinajstić information content (AvgIpc) is 3.04. The number of carboxylic acid groups (broad SMARTS) is 1. The van der Waals surface area contributed by atoms with E-state index in [0.717, 1.165) is 4.90 Å². The number of carboxylic acids is 1. The van der Waals surface area contributed by atoms with Crippen LogP contribution in [-0.2, 0) is 9.59 Å². The van der Waals surface area contributed by atoms with Crippen LogP contribution in [0.4, 0.5) is 5.82 Å². The largest absolute Gasteiger partial charge is 0.478 e. The summed E-state index contributed by atoms with van der Waals surface area (Å²) in [5.74, 6) is -1.97. The molecule has 86 valence electrons. The Morgan fingerprint density at radius 2 is 2.00 bits per heavy atom. The van der Waals surface area contributed by atoms with E-state index in [-0.39, 0.29) is 35.0 Å². The molecule has 1 aliphatic heterocycles. The van der Waals surface area contributed by atoms with Gasteiger partial charge in [0, 0.05) is 6.20 Å². The van der Waals surface area contributed by atoms with Crippen LogP contribution in [0.2, 0.25) is 0 Å². The molecule has 2 atom stereocenters. The topological polar surface area (TPSA) is 87.6 Å². The maximum Gasteiger partial charge on any atom is 0.335 e. The summed E-state index contributed by atoms with van der Waals surface area (Å²) in [7, 11) is 0. The summed E-state index contributed by atoms with van der Waals surface area (Å²) in [6.07, 6.45) is 1.90. The number of hydrogen-bond acceptors (Lipinski definition) is 4. The molecule has 2 aliphatic rings. The third kappa shape index (κ3) is 1.33. The molecule has 2 amide bonds. The van der Waals surface area contributed by atoms with Crippen molar-refractivity contribution in [3.63, 3.8) is 0 Å². The molecule has 0 aromatic carbocycles. The van der Waals surface area contributed by atoms with Gasteiger partial charge >= 0.3 is 5.97 Å². The first-order valence-electron chi connectivity index (χ1n) is 5.17. The van der Waals surface area contributed by atoms with Gasteiger partial charge in [0.05, 0.1) is 17.4 Å². The smallest absolute Gasteiger partial charge is 0.335 e. The van der Waals surface area contributed by atoms with E-state index < -0.39 is 5.97 Å². The lowest BCUT2D eigenvalue weighted by Gasteiger charge is -2.15. The summed E-state index contributed by atoms with van der Waals surface area (Å²) in [4.78, 5) is 39.2. The number of nitrogens with zero attached hydrogens (tertiary/aromatic N) is 2. The Bertz CT molecular complexity index is 534. The summed E-state index contributed by atoms with van der Waals surface area (Å²) in [6.45, 7) is 0. The molecule has 1 saturated heterocycles. The zero-order chi connectivity index (χ0) is 12.2. The normalized spacial score (nSPS) is 26.0. The van der Waals surface area contributed by atoms with E-state index in [1.807, 2.05) is 0 Å². The molecule has 6 heteroatoms. The van der Waals surface area contributed by atoms with Gasteiger partial charge in [0.25, 0.3) is 0 Å². The molecule has 3 rings (SSSR count). The predicted molar refractivity (Wildman–Crippen MR) is 55.3 cm³/mol. The van der Waals surface area contributed by atoms with Crippen molar-refractivity contribution in [3.8, 4) is 0 Å². The van der Waals surface area contributed by atoms with Crippen molar-refractivity contribution in [3.05, 3.63) is 23.9 Å². The van der Waals surface area contributed by atoms with Crippen LogP contribution < -0.4 is 4.90 Å². The minimum absolute atomic E-state index is 0.0103. The van der Waals surface area contributed by atoms with Gasteiger partial charge in [-0.25, -0.2) is 14.7 Å².